The molecule has 3 rings (SSSR count). The number of carbonyl (C=O) groups excluding carboxylic acids is 1. The zero-order valence-electron chi connectivity index (χ0n) is 13.3. The molecule has 1 aliphatic carbocycles. The van der Waals surface area contributed by atoms with Gasteiger partial charge in [-0.05, 0) is 37.7 Å². The predicted octanol–water partition coefficient (Wildman–Crippen LogP) is 3.29. The number of aromatic nitrogens is 2. The van der Waals surface area contributed by atoms with Gasteiger partial charge in [0.05, 0.1) is 6.54 Å². The maximum absolute atomic E-state index is 11.8. The summed E-state index contributed by atoms with van der Waals surface area (Å²) in [6.07, 6.45) is 8.69. The number of rotatable bonds is 6. The zero-order valence-corrected chi connectivity index (χ0v) is 13.3. The fourth-order valence-electron chi connectivity index (χ4n) is 2.96. The van der Waals surface area contributed by atoms with Crippen LogP contribution in [0.5, 0.6) is 0 Å². The van der Waals surface area contributed by atoms with Gasteiger partial charge in [0, 0.05) is 18.9 Å². The standard InChI is InChI=1S/C18H23N3O2/c22-18(23-16-8-4-5-9-16)20-14-17-19-11-13-21(17)12-10-15-6-2-1-3-7-15/h1-3,6-7,11,13,16H,4-5,8-10,12,14H2,(H,20,22). The molecule has 1 aliphatic rings. The van der Waals surface area contributed by atoms with Gasteiger partial charge in [-0.3, -0.25) is 0 Å². The van der Waals surface area contributed by atoms with Gasteiger partial charge in [0.2, 0.25) is 0 Å². The summed E-state index contributed by atoms with van der Waals surface area (Å²) in [7, 11) is 0. The van der Waals surface area contributed by atoms with E-state index in [1.165, 1.54) is 5.56 Å². The van der Waals surface area contributed by atoms with E-state index in [1.54, 1.807) is 6.20 Å². The quantitative estimate of drug-likeness (QED) is 0.890. The van der Waals surface area contributed by atoms with E-state index in [-0.39, 0.29) is 12.2 Å². The Balaban J connectivity index is 1.47. The number of hydrogen-bond donors (Lipinski definition) is 1. The molecule has 1 amide bonds. The average molecular weight is 313 g/mol. The highest BCUT2D eigenvalue weighted by Crippen LogP contribution is 2.20. The lowest BCUT2D eigenvalue weighted by Gasteiger charge is -2.13. The molecule has 1 fully saturated rings. The highest BCUT2D eigenvalue weighted by atomic mass is 16.6. The van der Waals surface area contributed by atoms with E-state index in [1.807, 2.05) is 24.4 Å². The number of ether oxygens (including phenoxy) is 1. The van der Waals surface area contributed by atoms with Crippen molar-refractivity contribution in [3.8, 4) is 0 Å². The number of carbonyl (C=O) groups is 1. The Bertz CT molecular complexity index is 618. The third-order valence-corrected chi connectivity index (χ3v) is 4.25. The number of nitrogens with zero attached hydrogens (tertiary/aromatic N) is 2. The van der Waals surface area contributed by atoms with Crippen molar-refractivity contribution < 1.29 is 9.53 Å². The fourth-order valence-corrected chi connectivity index (χ4v) is 2.96. The maximum atomic E-state index is 11.8. The Morgan fingerprint density at radius 3 is 2.83 bits per heavy atom. The van der Waals surface area contributed by atoms with Crippen LogP contribution in [0.2, 0.25) is 0 Å². The SMILES string of the molecule is O=C(NCc1nccn1CCc1ccccc1)OC1CCCC1. The lowest BCUT2D eigenvalue weighted by Crippen LogP contribution is -2.28. The first-order valence-electron chi connectivity index (χ1n) is 8.29. The van der Waals surface area contributed by atoms with Crippen LogP contribution in [0.3, 0.4) is 0 Å². The Hall–Kier alpha value is -2.30. The van der Waals surface area contributed by atoms with Crippen LogP contribution in [-0.2, 0) is 24.2 Å². The molecule has 5 nitrogen and oxygen atoms in total. The van der Waals surface area contributed by atoms with Gasteiger partial charge < -0.3 is 14.6 Å². The Kier molecular flexibility index (Phi) is 5.29. The summed E-state index contributed by atoms with van der Waals surface area (Å²) >= 11 is 0. The van der Waals surface area contributed by atoms with Crippen LogP contribution in [0.1, 0.15) is 37.1 Å². The van der Waals surface area contributed by atoms with Crippen LogP contribution < -0.4 is 5.32 Å². The third kappa shape index (κ3) is 4.58. The monoisotopic (exact) mass is 313 g/mol. The van der Waals surface area contributed by atoms with Crippen molar-refractivity contribution in [3.63, 3.8) is 0 Å². The van der Waals surface area contributed by atoms with E-state index in [9.17, 15) is 4.79 Å². The van der Waals surface area contributed by atoms with Gasteiger partial charge in [0.25, 0.3) is 0 Å². The van der Waals surface area contributed by atoms with Crippen LogP contribution in [0.25, 0.3) is 0 Å². The molecule has 1 aromatic carbocycles. The topological polar surface area (TPSA) is 56.2 Å². The number of nitrogens with one attached hydrogen (secondary N) is 1. The third-order valence-electron chi connectivity index (χ3n) is 4.25. The van der Waals surface area contributed by atoms with Crippen molar-refractivity contribution in [2.75, 3.05) is 0 Å². The van der Waals surface area contributed by atoms with Crippen molar-refractivity contribution in [2.24, 2.45) is 0 Å². The van der Waals surface area contributed by atoms with Crippen molar-refractivity contribution in [1.82, 2.24) is 14.9 Å². The molecule has 2 aromatic rings. The summed E-state index contributed by atoms with van der Waals surface area (Å²) in [5, 5.41) is 2.81. The molecule has 5 heteroatoms. The second-order valence-corrected chi connectivity index (χ2v) is 5.94. The largest absolute Gasteiger partial charge is 0.446 e. The van der Waals surface area contributed by atoms with E-state index < -0.39 is 0 Å². The van der Waals surface area contributed by atoms with Crippen LogP contribution >= 0.6 is 0 Å². The molecule has 0 radical (unpaired) electrons. The highest BCUT2D eigenvalue weighted by Gasteiger charge is 2.19. The Morgan fingerprint density at radius 2 is 2.04 bits per heavy atom. The van der Waals surface area contributed by atoms with E-state index in [2.05, 4.69) is 27.0 Å². The summed E-state index contributed by atoms with van der Waals surface area (Å²) in [5.74, 6) is 0.851. The summed E-state index contributed by atoms with van der Waals surface area (Å²) in [6.45, 7) is 1.24. The second kappa shape index (κ2) is 7.81. The summed E-state index contributed by atoms with van der Waals surface area (Å²) < 4.78 is 7.46. The predicted molar refractivity (Wildman–Crippen MR) is 87.9 cm³/mol. The summed E-state index contributed by atoms with van der Waals surface area (Å²) in [4.78, 5) is 16.1. The van der Waals surface area contributed by atoms with E-state index in [4.69, 9.17) is 4.74 Å². The van der Waals surface area contributed by atoms with Gasteiger partial charge in [-0.2, -0.15) is 0 Å². The maximum Gasteiger partial charge on any atom is 0.407 e. The minimum atomic E-state index is -0.338. The number of imidazole rings is 1. The Labute approximate surface area is 136 Å². The lowest BCUT2D eigenvalue weighted by atomic mass is 10.1. The molecule has 23 heavy (non-hydrogen) atoms. The van der Waals surface area contributed by atoms with Gasteiger partial charge in [-0.15, -0.1) is 0 Å². The van der Waals surface area contributed by atoms with Crippen LogP contribution in [0, 0.1) is 0 Å². The van der Waals surface area contributed by atoms with Crippen molar-refractivity contribution >= 4 is 6.09 Å². The van der Waals surface area contributed by atoms with Crippen LogP contribution in [0.15, 0.2) is 42.7 Å². The molecule has 1 N–H and O–H groups in total. The van der Waals surface area contributed by atoms with Crippen molar-refractivity contribution in [3.05, 3.63) is 54.1 Å². The van der Waals surface area contributed by atoms with Crippen LogP contribution in [-0.4, -0.2) is 21.7 Å². The van der Waals surface area contributed by atoms with Crippen molar-refractivity contribution in [2.45, 2.75) is 51.3 Å². The van der Waals surface area contributed by atoms with E-state index >= 15 is 0 Å². The number of alkyl carbamates (subject to hydrolysis) is 1. The normalized spacial score (nSPS) is 14.8. The summed E-state index contributed by atoms with van der Waals surface area (Å²) in [6, 6.07) is 10.4. The molecule has 0 bridgehead atoms. The Morgan fingerprint density at radius 1 is 1.26 bits per heavy atom. The first kappa shape index (κ1) is 15.6. The average Bonchev–Trinajstić information content (AvgIpc) is 3.23. The van der Waals surface area contributed by atoms with Crippen molar-refractivity contribution in [1.29, 1.82) is 0 Å². The molecule has 1 heterocycles. The number of benzene rings is 1. The van der Waals surface area contributed by atoms with Crippen LogP contribution in [0.4, 0.5) is 4.79 Å². The molecule has 1 aromatic heterocycles. The molecule has 0 atom stereocenters. The number of aryl methyl sites for hydroxylation is 2. The fraction of sp³-hybridized carbons (Fsp3) is 0.444. The first-order chi connectivity index (χ1) is 11.3. The van der Waals surface area contributed by atoms with Gasteiger partial charge in [0.15, 0.2) is 0 Å². The molecule has 0 aliphatic heterocycles. The van der Waals surface area contributed by atoms with Gasteiger partial charge in [-0.1, -0.05) is 30.3 Å². The molecular weight excluding hydrogens is 290 g/mol. The minimum Gasteiger partial charge on any atom is -0.446 e. The van der Waals surface area contributed by atoms with E-state index in [0.717, 1.165) is 44.5 Å². The molecule has 122 valence electrons. The number of amides is 1. The minimum absolute atomic E-state index is 0.0906. The zero-order chi connectivity index (χ0) is 15.9. The molecule has 1 saturated carbocycles. The van der Waals surface area contributed by atoms with Gasteiger partial charge >= 0.3 is 6.09 Å². The number of hydrogen-bond acceptors (Lipinski definition) is 3. The van der Waals surface area contributed by atoms with E-state index in [0.29, 0.717) is 6.54 Å². The molecular formula is C18H23N3O2. The molecule has 0 unspecified atom stereocenters. The highest BCUT2D eigenvalue weighted by molar-refractivity contribution is 5.67. The summed E-state index contributed by atoms with van der Waals surface area (Å²) in [5.41, 5.74) is 1.29. The van der Waals surface area contributed by atoms with Gasteiger partial charge in [-0.25, -0.2) is 9.78 Å². The smallest absolute Gasteiger partial charge is 0.407 e. The van der Waals surface area contributed by atoms with Gasteiger partial charge in [0.1, 0.15) is 11.9 Å². The first-order valence-corrected chi connectivity index (χ1v) is 8.29. The molecule has 0 spiro atoms. The molecule has 0 saturated heterocycles. The second-order valence-electron chi connectivity index (χ2n) is 5.94. The lowest BCUT2D eigenvalue weighted by molar-refractivity contribution is 0.100.